The van der Waals surface area contributed by atoms with E-state index < -0.39 is 6.17 Å². The first-order chi connectivity index (χ1) is 34.7. The molecule has 5 heterocycles. The van der Waals surface area contributed by atoms with Gasteiger partial charge in [-0.25, -0.2) is 9.98 Å². The van der Waals surface area contributed by atoms with Crippen molar-refractivity contribution in [3.8, 4) is 17.1 Å². The SMILES string of the molecule is c1ccc(C2=NC(c3ccc(-n4c5ccc(-n6c7ccccc7c7ccccc76)cc5c5c6c7ccccc7n(-c7ccccc7)c6ccc54)c4oc5ccccc5c34)NC(c3ccccc3)=N2)cc1. The number of aliphatic imine (C=N–C) groups is 2. The Labute approximate surface area is 401 Å². The van der Waals surface area contributed by atoms with Crippen LogP contribution in [0.1, 0.15) is 22.9 Å². The number of hydrogen-bond acceptors (Lipinski definition) is 4. The Morgan fingerprint density at radius 1 is 0.386 bits per heavy atom. The molecule has 0 aliphatic carbocycles. The van der Waals surface area contributed by atoms with Gasteiger partial charge in [0.25, 0.3) is 0 Å². The monoisotopic (exact) mass is 896 g/mol. The lowest BCUT2D eigenvalue weighted by molar-refractivity contribution is 0.660. The number of hydrogen-bond donors (Lipinski definition) is 1. The summed E-state index contributed by atoms with van der Waals surface area (Å²) in [7, 11) is 0. The summed E-state index contributed by atoms with van der Waals surface area (Å²) < 4.78 is 14.4. The van der Waals surface area contributed by atoms with Gasteiger partial charge in [0.15, 0.2) is 11.4 Å². The Bertz CT molecular complexity index is 4440. The largest absolute Gasteiger partial charge is 0.454 e. The molecular weight excluding hydrogens is 857 g/mol. The summed E-state index contributed by atoms with van der Waals surface area (Å²) in [5, 5.41) is 13.0. The molecule has 0 spiro atoms. The third kappa shape index (κ3) is 5.63. The molecule has 15 rings (SSSR count). The molecule has 7 nitrogen and oxygen atoms in total. The van der Waals surface area contributed by atoms with Crippen molar-refractivity contribution >= 4 is 99.0 Å². The molecule has 1 atom stereocenters. The van der Waals surface area contributed by atoms with E-state index in [0.29, 0.717) is 5.84 Å². The molecule has 0 radical (unpaired) electrons. The standard InChI is InChI=1S/C63H40N6O/c1-4-18-39(19-5-1)61-64-62(40-20-6-2-7-21-40)66-63(65-61)47-33-35-55(60-57(47)46-27-13-17-31-56(46)70-60)69-52-34-32-42(68-49-28-14-10-24-43(49)44-25-11-15-29-50(44)68)38-48(52)59-54(69)37-36-53-58(59)45-26-12-16-30-51(45)67(53)41-22-8-3-9-23-41/h1-38,63H,(H,64,65,66). The lowest BCUT2D eigenvalue weighted by Crippen LogP contribution is -2.33. The highest BCUT2D eigenvalue weighted by molar-refractivity contribution is 6.29. The predicted molar refractivity (Wildman–Crippen MR) is 289 cm³/mol. The molecule has 1 N–H and O–H groups in total. The number of fused-ring (bicyclic) bond motifs is 13. The Kier molecular flexibility index (Phi) is 8.29. The Morgan fingerprint density at radius 2 is 0.914 bits per heavy atom. The van der Waals surface area contributed by atoms with E-state index in [1.165, 1.54) is 38.0 Å². The van der Waals surface area contributed by atoms with E-state index in [9.17, 15) is 0 Å². The fraction of sp³-hybridized carbons (Fsp3) is 0.0159. The van der Waals surface area contributed by atoms with Gasteiger partial charge in [0.05, 0.1) is 38.8 Å². The molecule has 1 aliphatic rings. The van der Waals surface area contributed by atoms with Gasteiger partial charge in [0.2, 0.25) is 0 Å². The Morgan fingerprint density at radius 3 is 1.63 bits per heavy atom. The second-order valence-electron chi connectivity index (χ2n) is 18.1. The van der Waals surface area contributed by atoms with E-state index in [4.69, 9.17) is 14.4 Å². The number of amidine groups is 2. The first-order valence-electron chi connectivity index (χ1n) is 23.8. The van der Waals surface area contributed by atoms with E-state index in [0.717, 1.165) is 89.0 Å². The second-order valence-corrected chi connectivity index (χ2v) is 18.1. The summed E-state index contributed by atoms with van der Waals surface area (Å²) >= 11 is 0. The van der Waals surface area contributed by atoms with Crippen LogP contribution in [0.2, 0.25) is 0 Å². The van der Waals surface area contributed by atoms with Crippen molar-refractivity contribution in [3.63, 3.8) is 0 Å². The van der Waals surface area contributed by atoms with Crippen molar-refractivity contribution in [1.29, 1.82) is 0 Å². The van der Waals surface area contributed by atoms with Crippen LogP contribution in [0.3, 0.4) is 0 Å². The molecule has 0 saturated heterocycles. The van der Waals surface area contributed by atoms with E-state index in [-0.39, 0.29) is 0 Å². The van der Waals surface area contributed by atoms with Gasteiger partial charge < -0.3 is 23.4 Å². The number of furan rings is 1. The molecule has 10 aromatic carbocycles. The quantitative estimate of drug-likeness (QED) is 0.181. The van der Waals surface area contributed by atoms with Gasteiger partial charge in [-0.05, 0) is 72.8 Å². The maximum absolute atomic E-state index is 7.12. The van der Waals surface area contributed by atoms with Gasteiger partial charge in [0.1, 0.15) is 17.6 Å². The highest BCUT2D eigenvalue weighted by Gasteiger charge is 2.28. The fourth-order valence-electron chi connectivity index (χ4n) is 11.3. The lowest BCUT2D eigenvalue weighted by Gasteiger charge is -2.24. The molecule has 70 heavy (non-hydrogen) atoms. The molecule has 7 heteroatoms. The van der Waals surface area contributed by atoms with Gasteiger partial charge >= 0.3 is 0 Å². The van der Waals surface area contributed by atoms with Crippen LogP contribution in [0.15, 0.2) is 245 Å². The maximum Gasteiger partial charge on any atom is 0.159 e. The number of rotatable bonds is 6. The molecule has 0 amide bonds. The molecule has 1 aliphatic heterocycles. The number of para-hydroxylation sites is 5. The average molecular weight is 897 g/mol. The molecule has 0 bridgehead atoms. The first-order valence-corrected chi connectivity index (χ1v) is 23.8. The van der Waals surface area contributed by atoms with Gasteiger partial charge in [-0.1, -0.05) is 158 Å². The van der Waals surface area contributed by atoms with Crippen LogP contribution in [-0.2, 0) is 0 Å². The van der Waals surface area contributed by atoms with Crippen LogP contribution in [0, 0.1) is 0 Å². The summed E-state index contributed by atoms with van der Waals surface area (Å²) in [5.74, 6) is 1.44. The normalized spacial score (nSPS) is 14.1. The van der Waals surface area contributed by atoms with Crippen LogP contribution in [-0.4, -0.2) is 25.4 Å². The van der Waals surface area contributed by atoms with E-state index >= 15 is 0 Å². The van der Waals surface area contributed by atoms with Gasteiger partial charge in [0, 0.05) is 71.2 Å². The van der Waals surface area contributed by atoms with Crippen LogP contribution in [0.4, 0.5) is 0 Å². The minimum absolute atomic E-state index is 0.462. The Balaban J connectivity index is 1.03. The minimum Gasteiger partial charge on any atom is -0.454 e. The summed E-state index contributed by atoms with van der Waals surface area (Å²) in [6.07, 6.45) is -0.462. The molecule has 14 aromatic rings. The third-order valence-electron chi connectivity index (χ3n) is 14.3. The van der Waals surface area contributed by atoms with Crippen molar-refractivity contribution in [2.45, 2.75) is 6.17 Å². The van der Waals surface area contributed by atoms with E-state index in [1.807, 2.05) is 42.5 Å². The highest BCUT2D eigenvalue weighted by Crippen LogP contribution is 2.46. The van der Waals surface area contributed by atoms with Crippen molar-refractivity contribution in [1.82, 2.24) is 19.0 Å². The van der Waals surface area contributed by atoms with Gasteiger partial charge in [-0.15, -0.1) is 0 Å². The number of nitrogens with zero attached hydrogens (tertiary/aromatic N) is 5. The second kappa shape index (κ2) is 15.0. The molecule has 1 unspecified atom stereocenters. The van der Waals surface area contributed by atoms with Crippen molar-refractivity contribution in [2.24, 2.45) is 9.98 Å². The number of nitrogens with one attached hydrogen (secondary N) is 1. The molecule has 328 valence electrons. The minimum atomic E-state index is -0.462. The van der Waals surface area contributed by atoms with Crippen LogP contribution < -0.4 is 5.32 Å². The molecule has 4 aromatic heterocycles. The highest BCUT2D eigenvalue weighted by atomic mass is 16.3. The van der Waals surface area contributed by atoms with E-state index in [2.05, 4.69) is 207 Å². The zero-order valence-corrected chi connectivity index (χ0v) is 37.7. The Hall–Kier alpha value is -9.46. The third-order valence-corrected chi connectivity index (χ3v) is 14.3. The lowest BCUT2D eigenvalue weighted by atomic mass is 10.0. The fourth-order valence-corrected chi connectivity index (χ4v) is 11.3. The van der Waals surface area contributed by atoms with Crippen molar-refractivity contribution < 1.29 is 4.42 Å². The topological polar surface area (TPSA) is 64.7 Å². The van der Waals surface area contributed by atoms with Crippen LogP contribution in [0.25, 0.3) is 104 Å². The zero-order valence-electron chi connectivity index (χ0n) is 37.7. The smallest absolute Gasteiger partial charge is 0.159 e. The van der Waals surface area contributed by atoms with Gasteiger partial charge in [-0.2, -0.15) is 0 Å². The zero-order chi connectivity index (χ0) is 45.9. The summed E-state index contributed by atoms with van der Waals surface area (Å²) in [6.45, 7) is 0. The van der Waals surface area contributed by atoms with Crippen molar-refractivity contribution in [2.75, 3.05) is 0 Å². The molecule has 0 fully saturated rings. The van der Waals surface area contributed by atoms with Crippen LogP contribution >= 0.6 is 0 Å². The van der Waals surface area contributed by atoms with Gasteiger partial charge in [-0.3, -0.25) is 0 Å². The molecule has 0 saturated carbocycles. The number of aromatic nitrogens is 3. The van der Waals surface area contributed by atoms with Crippen LogP contribution in [0.5, 0.6) is 0 Å². The molecular formula is C63H40N6O. The summed E-state index contributed by atoms with van der Waals surface area (Å²) in [6, 6.07) is 82.0. The first kappa shape index (κ1) is 38.6. The van der Waals surface area contributed by atoms with E-state index in [1.54, 1.807) is 0 Å². The summed E-state index contributed by atoms with van der Waals surface area (Å²) in [5.41, 5.74) is 14.6. The summed E-state index contributed by atoms with van der Waals surface area (Å²) in [4.78, 5) is 10.5. The van der Waals surface area contributed by atoms with Crippen molar-refractivity contribution in [3.05, 3.63) is 247 Å². The predicted octanol–water partition coefficient (Wildman–Crippen LogP) is 15.4. The average Bonchev–Trinajstić information content (AvgIpc) is 4.18. The maximum atomic E-state index is 7.12. The number of benzene rings is 10.